The van der Waals surface area contributed by atoms with Crippen LogP contribution >= 0.6 is 0 Å². The first-order valence-corrected chi connectivity index (χ1v) is 7.47. The van der Waals surface area contributed by atoms with Gasteiger partial charge in [0.15, 0.2) is 0 Å². The Balaban J connectivity index is 1.69. The zero-order valence-electron chi connectivity index (χ0n) is 12.3. The van der Waals surface area contributed by atoms with Crippen LogP contribution in [0.1, 0.15) is 39.2 Å². The molecule has 19 heavy (non-hydrogen) atoms. The number of benzene rings is 1. The lowest BCUT2D eigenvalue weighted by molar-refractivity contribution is 0.152. The molecule has 1 fully saturated rings. The molecular formula is C17H26O2. The van der Waals surface area contributed by atoms with Gasteiger partial charge in [-0.1, -0.05) is 50.6 Å². The van der Waals surface area contributed by atoms with Crippen molar-refractivity contribution in [3.63, 3.8) is 0 Å². The summed E-state index contributed by atoms with van der Waals surface area (Å²) in [7, 11) is 0. The number of hydrogen-bond donors (Lipinski definition) is 1. The maximum Gasteiger partial charge on any atom is 0.110 e. The fraction of sp³-hybridized carbons (Fsp3) is 0.647. The van der Waals surface area contributed by atoms with Crippen molar-refractivity contribution in [2.45, 2.75) is 58.3 Å². The van der Waals surface area contributed by atoms with Crippen molar-refractivity contribution in [2.24, 2.45) is 11.8 Å². The molecule has 106 valence electrons. The molecule has 0 aromatic heterocycles. The average Bonchev–Trinajstić information content (AvgIpc) is 3.19. The van der Waals surface area contributed by atoms with E-state index in [1.54, 1.807) is 0 Å². The molecule has 2 heteroatoms. The third-order valence-corrected chi connectivity index (χ3v) is 4.42. The fourth-order valence-electron chi connectivity index (χ4n) is 2.81. The van der Waals surface area contributed by atoms with Gasteiger partial charge in [-0.2, -0.15) is 0 Å². The highest BCUT2D eigenvalue weighted by Gasteiger charge is 2.46. The Kier molecular flexibility index (Phi) is 5.00. The third kappa shape index (κ3) is 4.05. The minimum Gasteiger partial charge on any atom is -0.391 e. The van der Waals surface area contributed by atoms with Gasteiger partial charge in [0.25, 0.3) is 0 Å². The van der Waals surface area contributed by atoms with Gasteiger partial charge in [0.05, 0.1) is 12.2 Å². The second-order valence-corrected chi connectivity index (χ2v) is 6.02. The van der Waals surface area contributed by atoms with Crippen LogP contribution < -0.4 is 0 Å². The van der Waals surface area contributed by atoms with Gasteiger partial charge < -0.3 is 9.84 Å². The SMILES string of the molecule is CC(O)C1OC1C(C)C(C)CCCc1ccccc1. The maximum absolute atomic E-state index is 9.49. The van der Waals surface area contributed by atoms with Crippen molar-refractivity contribution < 1.29 is 9.84 Å². The standard InChI is InChI=1S/C17H26O2/c1-12(13(2)16-17(19-16)14(3)18)8-7-11-15-9-5-4-6-10-15/h4-6,9-10,12-14,16-18H,7-8,11H2,1-3H3. The van der Waals surface area contributed by atoms with Gasteiger partial charge >= 0.3 is 0 Å². The first-order valence-electron chi connectivity index (χ1n) is 7.47. The van der Waals surface area contributed by atoms with Gasteiger partial charge in [0.1, 0.15) is 6.10 Å². The van der Waals surface area contributed by atoms with Gasteiger partial charge in [-0.25, -0.2) is 0 Å². The number of ether oxygens (including phenoxy) is 1. The summed E-state index contributed by atoms with van der Waals surface area (Å²) < 4.78 is 5.58. The summed E-state index contributed by atoms with van der Waals surface area (Å²) in [5.74, 6) is 1.19. The Bertz CT molecular complexity index is 374. The van der Waals surface area contributed by atoms with E-state index in [-0.39, 0.29) is 18.3 Å². The quantitative estimate of drug-likeness (QED) is 0.764. The van der Waals surface area contributed by atoms with Crippen LogP contribution in [-0.2, 0) is 11.2 Å². The van der Waals surface area contributed by atoms with Crippen molar-refractivity contribution in [3.05, 3.63) is 35.9 Å². The van der Waals surface area contributed by atoms with E-state index < -0.39 is 0 Å². The summed E-state index contributed by atoms with van der Waals surface area (Å²) in [5, 5.41) is 9.49. The van der Waals surface area contributed by atoms with Crippen LogP contribution in [0.5, 0.6) is 0 Å². The van der Waals surface area contributed by atoms with Gasteiger partial charge in [-0.15, -0.1) is 0 Å². The Labute approximate surface area is 116 Å². The maximum atomic E-state index is 9.49. The fourth-order valence-corrected chi connectivity index (χ4v) is 2.81. The van der Waals surface area contributed by atoms with Crippen LogP contribution in [-0.4, -0.2) is 23.4 Å². The summed E-state index contributed by atoms with van der Waals surface area (Å²) in [6.45, 7) is 6.37. The summed E-state index contributed by atoms with van der Waals surface area (Å²) in [4.78, 5) is 0. The summed E-state index contributed by atoms with van der Waals surface area (Å²) >= 11 is 0. The molecule has 0 bridgehead atoms. The van der Waals surface area contributed by atoms with Gasteiger partial charge in [0.2, 0.25) is 0 Å². The van der Waals surface area contributed by atoms with Crippen LogP contribution in [0.15, 0.2) is 30.3 Å². The van der Waals surface area contributed by atoms with E-state index in [2.05, 4.69) is 44.2 Å². The van der Waals surface area contributed by atoms with Crippen LogP contribution in [0.4, 0.5) is 0 Å². The molecule has 1 heterocycles. The Hall–Kier alpha value is -0.860. The average molecular weight is 262 g/mol. The monoisotopic (exact) mass is 262 g/mol. The molecule has 1 aliphatic heterocycles. The van der Waals surface area contributed by atoms with Gasteiger partial charge in [-0.3, -0.25) is 0 Å². The van der Waals surface area contributed by atoms with Gasteiger partial charge in [0, 0.05) is 0 Å². The van der Waals surface area contributed by atoms with E-state index in [0.717, 1.165) is 6.42 Å². The van der Waals surface area contributed by atoms with Crippen molar-refractivity contribution in [3.8, 4) is 0 Å². The molecule has 1 aromatic rings. The molecule has 1 aliphatic rings. The van der Waals surface area contributed by atoms with Crippen molar-refractivity contribution >= 4 is 0 Å². The first kappa shape index (κ1) is 14.5. The molecule has 5 atom stereocenters. The number of aliphatic hydroxyl groups is 1. The highest BCUT2D eigenvalue weighted by molar-refractivity contribution is 5.14. The molecule has 0 amide bonds. The van der Waals surface area contributed by atoms with Crippen molar-refractivity contribution in [1.82, 2.24) is 0 Å². The Morgan fingerprint density at radius 2 is 1.79 bits per heavy atom. The number of hydrogen-bond acceptors (Lipinski definition) is 2. The largest absolute Gasteiger partial charge is 0.391 e. The second-order valence-electron chi connectivity index (χ2n) is 6.02. The normalized spacial score (nSPS) is 26.7. The summed E-state index contributed by atoms with van der Waals surface area (Å²) in [6.07, 6.45) is 3.62. The number of epoxide rings is 1. The summed E-state index contributed by atoms with van der Waals surface area (Å²) in [5.41, 5.74) is 1.42. The second kappa shape index (κ2) is 6.53. The van der Waals surface area contributed by atoms with Crippen LogP contribution in [0.2, 0.25) is 0 Å². The van der Waals surface area contributed by atoms with Crippen LogP contribution in [0, 0.1) is 11.8 Å². The van der Waals surface area contributed by atoms with E-state index >= 15 is 0 Å². The van der Waals surface area contributed by atoms with E-state index in [4.69, 9.17) is 4.74 Å². The lowest BCUT2D eigenvalue weighted by Crippen LogP contribution is -2.20. The first-order chi connectivity index (χ1) is 9.09. The Morgan fingerprint density at radius 3 is 2.37 bits per heavy atom. The zero-order valence-corrected chi connectivity index (χ0v) is 12.3. The molecule has 0 saturated carbocycles. The number of aryl methyl sites for hydroxylation is 1. The molecule has 0 radical (unpaired) electrons. The molecule has 0 aliphatic carbocycles. The van der Waals surface area contributed by atoms with Crippen molar-refractivity contribution in [1.29, 1.82) is 0 Å². The molecule has 1 saturated heterocycles. The number of rotatable bonds is 7. The van der Waals surface area contributed by atoms with E-state index in [1.807, 2.05) is 6.92 Å². The van der Waals surface area contributed by atoms with Crippen LogP contribution in [0.25, 0.3) is 0 Å². The summed E-state index contributed by atoms with van der Waals surface area (Å²) in [6, 6.07) is 10.7. The molecular weight excluding hydrogens is 236 g/mol. The predicted octanol–water partition coefficient (Wildman–Crippen LogP) is 3.43. The molecule has 2 rings (SSSR count). The lowest BCUT2D eigenvalue weighted by atomic mass is 9.86. The highest BCUT2D eigenvalue weighted by Crippen LogP contribution is 2.37. The van der Waals surface area contributed by atoms with Crippen LogP contribution in [0.3, 0.4) is 0 Å². The Morgan fingerprint density at radius 1 is 1.11 bits per heavy atom. The highest BCUT2D eigenvalue weighted by atomic mass is 16.6. The molecule has 5 unspecified atom stereocenters. The molecule has 0 spiro atoms. The van der Waals surface area contributed by atoms with Crippen molar-refractivity contribution in [2.75, 3.05) is 0 Å². The van der Waals surface area contributed by atoms with E-state index in [0.29, 0.717) is 11.8 Å². The number of aliphatic hydroxyl groups excluding tert-OH is 1. The topological polar surface area (TPSA) is 32.8 Å². The van der Waals surface area contributed by atoms with E-state index in [1.165, 1.54) is 18.4 Å². The third-order valence-electron chi connectivity index (χ3n) is 4.42. The predicted molar refractivity (Wildman–Crippen MR) is 78.0 cm³/mol. The molecule has 2 nitrogen and oxygen atoms in total. The van der Waals surface area contributed by atoms with E-state index in [9.17, 15) is 5.11 Å². The minimum atomic E-state index is -0.330. The molecule has 1 aromatic carbocycles. The molecule has 1 N–H and O–H groups in total. The smallest absolute Gasteiger partial charge is 0.110 e. The lowest BCUT2D eigenvalue weighted by Gasteiger charge is -2.18. The van der Waals surface area contributed by atoms with Gasteiger partial charge in [-0.05, 0) is 37.2 Å². The zero-order chi connectivity index (χ0) is 13.8. The minimum absolute atomic E-state index is 0.0755.